The van der Waals surface area contributed by atoms with Crippen molar-refractivity contribution in [3.63, 3.8) is 0 Å². The molecule has 1 heteroatoms. The minimum Gasteiger partial charge on any atom is -0.324 e. The van der Waals surface area contributed by atoms with Crippen LogP contribution in [-0.4, -0.2) is 0 Å². The maximum atomic E-state index is 6.30. The van der Waals surface area contributed by atoms with E-state index < -0.39 is 0 Å². The normalized spacial score (nSPS) is 13.5. The molecule has 0 aliphatic rings. The monoisotopic (exact) mass is 231 g/mol. The molecule has 0 bridgehead atoms. The highest BCUT2D eigenvalue weighted by Gasteiger charge is 2.20. The van der Waals surface area contributed by atoms with Crippen LogP contribution in [0.2, 0.25) is 0 Å². The van der Waals surface area contributed by atoms with E-state index in [1.165, 1.54) is 16.7 Å². The smallest absolute Gasteiger partial charge is 0.0300 e. The van der Waals surface area contributed by atoms with E-state index in [-0.39, 0.29) is 11.5 Å². The van der Waals surface area contributed by atoms with Crippen LogP contribution < -0.4 is 5.73 Å². The molecule has 0 radical (unpaired) electrons. The third-order valence-electron chi connectivity index (χ3n) is 3.05. The van der Waals surface area contributed by atoms with E-state index in [1.807, 2.05) is 0 Å². The summed E-state index contributed by atoms with van der Waals surface area (Å²) in [7, 11) is 0. The Balaban J connectivity index is 2.93. The van der Waals surface area contributed by atoms with Crippen LogP contribution in [0.3, 0.4) is 0 Å². The lowest BCUT2D eigenvalue weighted by Gasteiger charge is -2.25. The molecule has 1 rings (SSSR count). The largest absolute Gasteiger partial charge is 0.324 e. The van der Waals surface area contributed by atoms with Gasteiger partial charge in [-0.25, -0.2) is 0 Å². The lowest BCUT2D eigenvalue weighted by molar-refractivity contribution is 0.559. The van der Waals surface area contributed by atoms with Crippen molar-refractivity contribution in [2.75, 3.05) is 0 Å². The zero-order valence-corrected chi connectivity index (χ0v) is 11.6. The Bertz CT molecular complexity index is 385. The topological polar surface area (TPSA) is 26.0 Å². The summed E-state index contributed by atoms with van der Waals surface area (Å²) in [6.45, 7) is 12.7. The molecule has 1 unspecified atom stereocenters. The fraction of sp³-hybridized carbons (Fsp3) is 0.500. The van der Waals surface area contributed by atoms with Gasteiger partial charge in [0, 0.05) is 6.04 Å². The van der Waals surface area contributed by atoms with E-state index in [4.69, 9.17) is 5.73 Å². The van der Waals surface area contributed by atoms with Crippen LogP contribution in [0.1, 0.15) is 57.7 Å². The molecule has 0 amide bonds. The van der Waals surface area contributed by atoms with Gasteiger partial charge in [-0.05, 0) is 36.3 Å². The first-order valence-electron chi connectivity index (χ1n) is 6.31. The van der Waals surface area contributed by atoms with E-state index in [1.54, 1.807) is 0 Å². The molecule has 0 saturated heterocycles. The van der Waals surface area contributed by atoms with E-state index in [0.717, 1.165) is 12.8 Å². The fourth-order valence-corrected chi connectivity index (χ4v) is 2.06. The lowest BCUT2D eigenvalue weighted by Crippen LogP contribution is -2.19. The lowest BCUT2D eigenvalue weighted by atomic mass is 9.81. The van der Waals surface area contributed by atoms with Crippen molar-refractivity contribution in [1.82, 2.24) is 0 Å². The third-order valence-corrected chi connectivity index (χ3v) is 3.05. The highest BCUT2D eigenvalue weighted by atomic mass is 14.6. The van der Waals surface area contributed by atoms with Crippen LogP contribution >= 0.6 is 0 Å². The average Bonchev–Trinajstić information content (AvgIpc) is 2.24. The molecule has 17 heavy (non-hydrogen) atoms. The Morgan fingerprint density at radius 1 is 1.29 bits per heavy atom. The molecule has 0 spiro atoms. The van der Waals surface area contributed by atoms with Crippen LogP contribution in [-0.2, 0) is 5.41 Å². The maximum absolute atomic E-state index is 6.30. The highest BCUT2D eigenvalue weighted by Crippen LogP contribution is 2.30. The minimum absolute atomic E-state index is 0.113. The summed E-state index contributed by atoms with van der Waals surface area (Å²) >= 11 is 0. The zero-order chi connectivity index (χ0) is 13.1. The van der Waals surface area contributed by atoms with Crippen LogP contribution in [0.25, 0.3) is 0 Å². The molecule has 1 nitrogen and oxygen atoms in total. The van der Waals surface area contributed by atoms with Crippen molar-refractivity contribution in [3.05, 3.63) is 47.5 Å². The average molecular weight is 231 g/mol. The first kappa shape index (κ1) is 14.0. The predicted molar refractivity (Wildman–Crippen MR) is 76.1 cm³/mol. The Hall–Kier alpha value is -1.08. The summed E-state index contributed by atoms with van der Waals surface area (Å²) in [4.78, 5) is 0. The molecule has 0 aromatic heterocycles. The molecular formula is C16H25N. The number of hydrogen-bond acceptors (Lipinski definition) is 1. The summed E-state index contributed by atoms with van der Waals surface area (Å²) in [5.41, 5.74) is 10.3. The fourth-order valence-electron chi connectivity index (χ4n) is 2.06. The standard InChI is InChI=1S/C16H25N/c1-12(2)10-11-15(17)13-8-6-7-9-14(13)16(3,4)5/h6-9,15H,1,10-11,17H2,2-5H3. The van der Waals surface area contributed by atoms with Gasteiger partial charge in [0.15, 0.2) is 0 Å². The second-order valence-electron chi connectivity index (χ2n) is 5.94. The van der Waals surface area contributed by atoms with Crippen molar-refractivity contribution >= 4 is 0 Å². The van der Waals surface area contributed by atoms with Gasteiger partial charge in [0.05, 0.1) is 0 Å². The third kappa shape index (κ3) is 4.01. The van der Waals surface area contributed by atoms with Crippen LogP contribution in [0.5, 0.6) is 0 Å². The first-order valence-corrected chi connectivity index (χ1v) is 6.31. The van der Waals surface area contributed by atoms with Crippen LogP contribution in [0.4, 0.5) is 0 Å². The van der Waals surface area contributed by atoms with Crippen molar-refractivity contribution in [2.45, 2.75) is 52.0 Å². The van der Waals surface area contributed by atoms with Gasteiger partial charge in [-0.2, -0.15) is 0 Å². The van der Waals surface area contributed by atoms with Crippen LogP contribution in [0.15, 0.2) is 36.4 Å². The number of benzene rings is 1. The number of rotatable bonds is 4. The van der Waals surface area contributed by atoms with E-state index >= 15 is 0 Å². The highest BCUT2D eigenvalue weighted by molar-refractivity contribution is 5.35. The van der Waals surface area contributed by atoms with Gasteiger partial charge in [-0.3, -0.25) is 0 Å². The summed E-state index contributed by atoms with van der Waals surface area (Å²) in [5, 5.41) is 0. The summed E-state index contributed by atoms with van der Waals surface area (Å²) < 4.78 is 0. The first-order chi connectivity index (χ1) is 7.82. The number of nitrogens with two attached hydrogens (primary N) is 1. The molecule has 0 fully saturated rings. The molecule has 0 heterocycles. The number of allylic oxidation sites excluding steroid dienone is 1. The van der Waals surface area contributed by atoms with E-state index in [0.29, 0.717) is 0 Å². The van der Waals surface area contributed by atoms with Crippen LogP contribution in [0, 0.1) is 0 Å². The molecule has 1 aromatic rings. The quantitative estimate of drug-likeness (QED) is 0.766. The molecule has 0 aliphatic heterocycles. The maximum Gasteiger partial charge on any atom is 0.0300 e. The van der Waals surface area contributed by atoms with E-state index in [2.05, 4.69) is 58.5 Å². The Labute approximate surface area is 106 Å². The van der Waals surface area contributed by atoms with Crippen molar-refractivity contribution in [2.24, 2.45) is 5.73 Å². The Morgan fingerprint density at radius 3 is 2.41 bits per heavy atom. The Kier molecular flexibility index (Phi) is 4.53. The van der Waals surface area contributed by atoms with Gasteiger partial charge in [0.2, 0.25) is 0 Å². The zero-order valence-electron chi connectivity index (χ0n) is 11.6. The second kappa shape index (κ2) is 5.50. The minimum atomic E-state index is 0.113. The summed E-state index contributed by atoms with van der Waals surface area (Å²) in [6.07, 6.45) is 1.97. The molecule has 1 aromatic carbocycles. The number of hydrogen-bond donors (Lipinski definition) is 1. The van der Waals surface area contributed by atoms with Crippen molar-refractivity contribution in [1.29, 1.82) is 0 Å². The van der Waals surface area contributed by atoms with E-state index in [9.17, 15) is 0 Å². The van der Waals surface area contributed by atoms with Gasteiger partial charge in [0.1, 0.15) is 0 Å². The molecule has 2 N–H and O–H groups in total. The van der Waals surface area contributed by atoms with Gasteiger partial charge < -0.3 is 5.73 Å². The SMILES string of the molecule is C=C(C)CCC(N)c1ccccc1C(C)(C)C. The van der Waals surface area contributed by atoms with Crippen molar-refractivity contribution in [3.8, 4) is 0 Å². The van der Waals surface area contributed by atoms with Crippen molar-refractivity contribution < 1.29 is 0 Å². The summed E-state index contributed by atoms with van der Waals surface area (Å²) in [6, 6.07) is 8.63. The summed E-state index contributed by atoms with van der Waals surface area (Å²) in [5.74, 6) is 0. The van der Waals surface area contributed by atoms with Gasteiger partial charge in [0.25, 0.3) is 0 Å². The molecular weight excluding hydrogens is 206 g/mol. The Morgan fingerprint density at radius 2 is 1.88 bits per heavy atom. The van der Waals surface area contributed by atoms with Gasteiger partial charge >= 0.3 is 0 Å². The molecule has 0 aliphatic carbocycles. The van der Waals surface area contributed by atoms with Gasteiger partial charge in [-0.1, -0.05) is 50.6 Å². The molecule has 0 saturated carbocycles. The predicted octanol–water partition coefficient (Wildman–Crippen LogP) is 4.34. The second-order valence-corrected chi connectivity index (χ2v) is 5.94. The van der Waals surface area contributed by atoms with Gasteiger partial charge in [-0.15, -0.1) is 6.58 Å². The molecule has 94 valence electrons. The molecule has 1 atom stereocenters.